The lowest BCUT2D eigenvalue weighted by molar-refractivity contribution is -0.153. The molecule has 2 aliphatic rings. The van der Waals surface area contributed by atoms with Gasteiger partial charge in [0.25, 0.3) is 0 Å². The lowest BCUT2D eigenvalue weighted by Gasteiger charge is -2.46. The van der Waals surface area contributed by atoms with Gasteiger partial charge < -0.3 is 14.7 Å². The van der Waals surface area contributed by atoms with Gasteiger partial charge in [0.1, 0.15) is 0 Å². The predicted octanol–water partition coefficient (Wildman–Crippen LogP) is 0.879. The average molecular weight is 241 g/mol. The van der Waals surface area contributed by atoms with Crippen LogP contribution in [0.25, 0.3) is 0 Å². The molecule has 1 amide bonds. The highest BCUT2D eigenvalue weighted by Crippen LogP contribution is 2.32. The Bertz CT molecular complexity index is 322. The minimum absolute atomic E-state index is 0.0897. The molecule has 96 valence electrons. The Morgan fingerprint density at radius 1 is 1.47 bits per heavy atom. The maximum Gasteiger partial charge on any atom is 0.308 e. The quantitative estimate of drug-likeness (QED) is 0.779. The summed E-state index contributed by atoms with van der Waals surface area (Å²) in [5.74, 6) is -1.11. The van der Waals surface area contributed by atoms with Gasteiger partial charge >= 0.3 is 5.97 Å². The Hall–Kier alpha value is -1.10. The molecule has 0 saturated carbocycles. The number of aliphatic carboxylic acids is 1. The number of hydrogen-bond acceptors (Lipinski definition) is 3. The van der Waals surface area contributed by atoms with Gasteiger partial charge in [0.2, 0.25) is 5.91 Å². The zero-order chi connectivity index (χ0) is 12.5. The molecule has 2 rings (SSSR count). The van der Waals surface area contributed by atoms with E-state index in [0.29, 0.717) is 32.6 Å². The van der Waals surface area contributed by atoms with Crippen LogP contribution in [0.15, 0.2) is 0 Å². The van der Waals surface area contributed by atoms with Crippen LogP contribution in [-0.4, -0.2) is 47.2 Å². The van der Waals surface area contributed by atoms with Gasteiger partial charge in [-0.1, -0.05) is 0 Å². The van der Waals surface area contributed by atoms with E-state index in [0.717, 1.165) is 12.8 Å². The molecule has 0 aromatic heterocycles. The maximum atomic E-state index is 12.0. The summed E-state index contributed by atoms with van der Waals surface area (Å²) in [5.41, 5.74) is -0.219. The SMILES string of the molecule is CC1(N2CC(C(=O)O)CCC2=O)CCOCC1. The molecule has 1 unspecified atom stereocenters. The molecule has 5 heteroatoms. The minimum atomic E-state index is -0.793. The summed E-state index contributed by atoms with van der Waals surface area (Å²) in [6.07, 6.45) is 2.42. The standard InChI is InChI=1S/C12H19NO4/c1-12(4-6-17-7-5-12)13-8-9(11(15)16)2-3-10(13)14/h9H,2-8H2,1H3,(H,15,16). The van der Waals surface area contributed by atoms with Gasteiger partial charge in [-0.3, -0.25) is 9.59 Å². The maximum absolute atomic E-state index is 12.0. The zero-order valence-corrected chi connectivity index (χ0v) is 10.1. The van der Waals surface area contributed by atoms with E-state index in [1.807, 2.05) is 6.92 Å². The van der Waals surface area contributed by atoms with E-state index in [4.69, 9.17) is 9.84 Å². The largest absolute Gasteiger partial charge is 0.481 e. The molecule has 2 saturated heterocycles. The third kappa shape index (κ3) is 2.44. The van der Waals surface area contributed by atoms with Gasteiger partial charge in [-0.05, 0) is 26.2 Å². The van der Waals surface area contributed by atoms with Crippen LogP contribution in [0.1, 0.15) is 32.6 Å². The summed E-state index contributed by atoms with van der Waals surface area (Å²) in [7, 11) is 0. The fourth-order valence-electron chi connectivity index (χ4n) is 2.65. The highest BCUT2D eigenvalue weighted by molar-refractivity contribution is 5.81. The van der Waals surface area contributed by atoms with Crippen LogP contribution in [-0.2, 0) is 14.3 Å². The summed E-state index contributed by atoms with van der Waals surface area (Å²) >= 11 is 0. The third-order valence-electron chi connectivity index (χ3n) is 3.98. The molecule has 1 N–H and O–H groups in total. The number of nitrogens with zero attached hydrogens (tertiary/aromatic N) is 1. The summed E-state index contributed by atoms with van der Waals surface area (Å²) < 4.78 is 5.31. The van der Waals surface area contributed by atoms with Gasteiger partial charge in [-0.25, -0.2) is 0 Å². The highest BCUT2D eigenvalue weighted by atomic mass is 16.5. The molecule has 2 fully saturated rings. The normalized spacial score (nSPS) is 29.1. The number of ether oxygens (including phenoxy) is 1. The summed E-state index contributed by atoms with van der Waals surface area (Å²) in [6, 6.07) is 0. The molecule has 0 radical (unpaired) electrons. The van der Waals surface area contributed by atoms with Crippen LogP contribution in [0.5, 0.6) is 0 Å². The number of likely N-dealkylation sites (tertiary alicyclic amines) is 1. The molecule has 0 bridgehead atoms. The number of carboxylic acid groups (broad SMARTS) is 1. The lowest BCUT2D eigenvalue weighted by Crippen LogP contribution is -2.57. The molecule has 0 aromatic rings. The molecule has 2 heterocycles. The second kappa shape index (κ2) is 4.64. The van der Waals surface area contributed by atoms with Gasteiger partial charge in [0.05, 0.1) is 5.92 Å². The Kier molecular flexibility index (Phi) is 3.38. The fraction of sp³-hybridized carbons (Fsp3) is 0.833. The Morgan fingerprint density at radius 2 is 2.12 bits per heavy atom. The van der Waals surface area contributed by atoms with Crippen molar-refractivity contribution in [1.29, 1.82) is 0 Å². The minimum Gasteiger partial charge on any atom is -0.481 e. The molecule has 2 aliphatic heterocycles. The van der Waals surface area contributed by atoms with E-state index < -0.39 is 11.9 Å². The van der Waals surface area contributed by atoms with Gasteiger partial charge in [-0.2, -0.15) is 0 Å². The van der Waals surface area contributed by atoms with Crippen molar-refractivity contribution in [2.24, 2.45) is 5.92 Å². The molecule has 0 aromatic carbocycles. The van der Waals surface area contributed by atoms with Crippen LogP contribution in [0.4, 0.5) is 0 Å². The van der Waals surface area contributed by atoms with Crippen molar-refractivity contribution in [1.82, 2.24) is 4.90 Å². The first-order valence-corrected chi connectivity index (χ1v) is 6.14. The molecular weight excluding hydrogens is 222 g/mol. The number of carbonyl (C=O) groups excluding carboxylic acids is 1. The molecule has 0 spiro atoms. The van der Waals surface area contributed by atoms with Crippen LogP contribution in [0.3, 0.4) is 0 Å². The van der Waals surface area contributed by atoms with Crippen molar-refractivity contribution >= 4 is 11.9 Å². The van der Waals surface area contributed by atoms with E-state index in [1.165, 1.54) is 0 Å². The number of carboxylic acids is 1. The Morgan fingerprint density at radius 3 is 2.71 bits per heavy atom. The van der Waals surface area contributed by atoms with Crippen LogP contribution < -0.4 is 0 Å². The molecule has 5 nitrogen and oxygen atoms in total. The first kappa shape index (κ1) is 12.4. The zero-order valence-electron chi connectivity index (χ0n) is 10.1. The second-order valence-corrected chi connectivity index (χ2v) is 5.19. The number of piperidine rings is 1. The molecule has 0 aliphatic carbocycles. The van der Waals surface area contributed by atoms with E-state index >= 15 is 0 Å². The molecule has 1 atom stereocenters. The second-order valence-electron chi connectivity index (χ2n) is 5.19. The smallest absolute Gasteiger partial charge is 0.308 e. The first-order chi connectivity index (χ1) is 8.03. The molecular formula is C12H19NO4. The van der Waals surface area contributed by atoms with Gasteiger partial charge in [0.15, 0.2) is 0 Å². The monoisotopic (exact) mass is 241 g/mol. The predicted molar refractivity (Wildman–Crippen MR) is 60.5 cm³/mol. The van der Waals surface area contributed by atoms with Crippen molar-refractivity contribution in [3.63, 3.8) is 0 Å². The average Bonchev–Trinajstić information content (AvgIpc) is 2.30. The summed E-state index contributed by atoms with van der Waals surface area (Å²) in [5, 5.41) is 9.06. The van der Waals surface area contributed by atoms with Crippen LogP contribution in [0, 0.1) is 5.92 Å². The van der Waals surface area contributed by atoms with Crippen molar-refractivity contribution in [3.8, 4) is 0 Å². The first-order valence-electron chi connectivity index (χ1n) is 6.14. The Labute approximate surface area is 101 Å². The van der Waals surface area contributed by atoms with Crippen molar-refractivity contribution in [2.75, 3.05) is 19.8 Å². The van der Waals surface area contributed by atoms with Crippen LogP contribution >= 0.6 is 0 Å². The number of rotatable bonds is 2. The van der Waals surface area contributed by atoms with E-state index in [2.05, 4.69) is 0 Å². The van der Waals surface area contributed by atoms with Crippen molar-refractivity contribution in [3.05, 3.63) is 0 Å². The van der Waals surface area contributed by atoms with Crippen LogP contribution in [0.2, 0.25) is 0 Å². The van der Waals surface area contributed by atoms with E-state index in [9.17, 15) is 9.59 Å². The summed E-state index contributed by atoms with van der Waals surface area (Å²) in [6.45, 7) is 3.69. The van der Waals surface area contributed by atoms with Gasteiger partial charge in [0, 0.05) is 31.7 Å². The highest BCUT2D eigenvalue weighted by Gasteiger charge is 2.41. The summed E-state index contributed by atoms with van der Waals surface area (Å²) in [4.78, 5) is 24.8. The topological polar surface area (TPSA) is 66.8 Å². The van der Waals surface area contributed by atoms with Crippen molar-refractivity contribution < 1.29 is 19.4 Å². The third-order valence-corrected chi connectivity index (χ3v) is 3.98. The van der Waals surface area contributed by atoms with E-state index in [-0.39, 0.29) is 11.4 Å². The number of hydrogen-bond donors (Lipinski definition) is 1. The number of carbonyl (C=O) groups is 2. The fourth-order valence-corrected chi connectivity index (χ4v) is 2.65. The lowest BCUT2D eigenvalue weighted by atomic mass is 9.86. The molecule has 17 heavy (non-hydrogen) atoms. The Balaban J connectivity index is 2.11. The van der Waals surface area contributed by atoms with Gasteiger partial charge in [-0.15, -0.1) is 0 Å². The van der Waals surface area contributed by atoms with Crippen molar-refractivity contribution in [2.45, 2.75) is 38.1 Å². The van der Waals surface area contributed by atoms with E-state index in [1.54, 1.807) is 4.90 Å². The number of amides is 1.